The first-order chi connectivity index (χ1) is 13.2. The van der Waals surface area contributed by atoms with E-state index < -0.39 is 30.9 Å². The third-order valence-corrected chi connectivity index (χ3v) is 3.85. The van der Waals surface area contributed by atoms with Crippen LogP contribution in [0.5, 0.6) is 5.75 Å². The van der Waals surface area contributed by atoms with Gasteiger partial charge >= 0.3 is 18.6 Å². The molecule has 1 heterocycles. The Morgan fingerprint density at radius 2 is 1.68 bits per heavy atom. The van der Waals surface area contributed by atoms with Crippen LogP contribution >= 0.6 is 0 Å². The van der Waals surface area contributed by atoms with Crippen molar-refractivity contribution in [2.75, 3.05) is 13.2 Å². The molecule has 0 aliphatic rings. The number of hydrogen-bond donors (Lipinski definition) is 1. The molecule has 1 aromatic heterocycles. The maximum Gasteiger partial charge on any atom is 0.387 e. The number of rotatable bonds is 8. The summed E-state index contributed by atoms with van der Waals surface area (Å²) < 4.78 is 38.4. The Kier molecular flexibility index (Phi) is 6.86. The minimum atomic E-state index is -2.97. The molecule has 1 aromatic carbocycles. The number of aromatic amines is 1. The molecule has 0 fully saturated rings. The number of alkyl halides is 2. The number of esters is 2. The number of ketones is 1. The smallest absolute Gasteiger partial charge is 0.387 e. The lowest BCUT2D eigenvalue weighted by Crippen LogP contribution is -2.15. The monoisotopic (exact) mass is 395 g/mol. The highest BCUT2D eigenvalue weighted by atomic mass is 19.3. The Labute approximate surface area is 159 Å². The number of ether oxygens (including phenoxy) is 3. The highest BCUT2D eigenvalue weighted by molar-refractivity contribution is 6.03. The van der Waals surface area contributed by atoms with E-state index in [0.29, 0.717) is 11.3 Å². The summed E-state index contributed by atoms with van der Waals surface area (Å²) in [4.78, 5) is 39.2. The van der Waals surface area contributed by atoms with Gasteiger partial charge in [0.1, 0.15) is 5.75 Å². The predicted octanol–water partition coefficient (Wildman–Crippen LogP) is 3.45. The summed E-state index contributed by atoms with van der Waals surface area (Å²) in [5.74, 6) is -1.98. The third-order valence-electron chi connectivity index (χ3n) is 3.85. The Balaban J connectivity index is 2.03. The van der Waals surface area contributed by atoms with Gasteiger partial charge in [-0.05, 0) is 50.6 Å². The van der Waals surface area contributed by atoms with Crippen molar-refractivity contribution >= 4 is 17.7 Å². The molecule has 150 valence electrons. The van der Waals surface area contributed by atoms with Crippen LogP contribution in [0.1, 0.15) is 49.4 Å². The molecule has 0 saturated heterocycles. The van der Waals surface area contributed by atoms with Crippen LogP contribution < -0.4 is 4.74 Å². The van der Waals surface area contributed by atoms with Crippen molar-refractivity contribution in [3.8, 4) is 5.75 Å². The molecule has 0 amide bonds. The number of Topliss-reactive ketones (excluding diaryl/α,β-unsaturated/α-hetero) is 1. The molecule has 7 nitrogen and oxygen atoms in total. The third kappa shape index (κ3) is 4.93. The molecular weight excluding hydrogens is 376 g/mol. The highest BCUT2D eigenvalue weighted by Gasteiger charge is 2.23. The molecule has 2 aromatic rings. The van der Waals surface area contributed by atoms with Crippen molar-refractivity contribution in [3.63, 3.8) is 0 Å². The first-order valence-corrected chi connectivity index (χ1v) is 8.36. The Hall–Kier alpha value is -3.23. The number of nitrogens with one attached hydrogen (secondary N) is 1. The number of carbonyl (C=O) groups excluding carboxylic acids is 3. The van der Waals surface area contributed by atoms with Gasteiger partial charge in [-0.15, -0.1) is 0 Å². The van der Waals surface area contributed by atoms with Gasteiger partial charge in [-0.25, -0.2) is 9.59 Å². The largest absolute Gasteiger partial charge is 0.462 e. The number of hydrogen-bond acceptors (Lipinski definition) is 6. The number of benzene rings is 1. The molecule has 0 spiro atoms. The quantitative estimate of drug-likeness (QED) is 0.543. The normalized spacial score (nSPS) is 10.6. The number of H-pyrrole nitrogens is 1. The molecule has 0 saturated carbocycles. The zero-order valence-electron chi connectivity index (χ0n) is 15.5. The number of halogens is 2. The Morgan fingerprint density at radius 1 is 1.04 bits per heavy atom. The van der Waals surface area contributed by atoms with Gasteiger partial charge in [0.15, 0.2) is 6.61 Å². The molecule has 1 N–H and O–H groups in total. The summed E-state index contributed by atoms with van der Waals surface area (Å²) in [5.41, 5.74) is 1.37. The van der Waals surface area contributed by atoms with Gasteiger partial charge in [-0.1, -0.05) is 0 Å². The van der Waals surface area contributed by atoms with E-state index in [4.69, 9.17) is 9.47 Å². The van der Waals surface area contributed by atoms with Crippen LogP contribution in [0.25, 0.3) is 0 Å². The standard InChI is InChI=1S/C19H19F2NO6/c1-4-26-18(25)15-10(2)16(22-11(15)3)14(23)9-27-17(24)12-5-7-13(8-6-12)28-19(20)21/h5-8,19,22H,4,9H2,1-3H3. The zero-order valence-corrected chi connectivity index (χ0v) is 15.5. The van der Waals surface area contributed by atoms with Gasteiger partial charge in [0.2, 0.25) is 5.78 Å². The van der Waals surface area contributed by atoms with Crippen molar-refractivity contribution in [1.82, 2.24) is 4.98 Å². The maximum absolute atomic E-state index is 12.4. The summed E-state index contributed by atoms with van der Waals surface area (Å²) in [6.45, 7) is 1.56. The second-order valence-electron chi connectivity index (χ2n) is 5.75. The van der Waals surface area contributed by atoms with Gasteiger partial charge in [-0.3, -0.25) is 4.79 Å². The molecule has 0 bridgehead atoms. The van der Waals surface area contributed by atoms with Crippen LogP contribution in [0.4, 0.5) is 8.78 Å². The van der Waals surface area contributed by atoms with Crippen LogP contribution in [0.3, 0.4) is 0 Å². The molecular formula is C19H19F2NO6. The predicted molar refractivity (Wildman–Crippen MR) is 93.9 cm³/mol. The molecule has 0 aliphatic carbocycles. The number of aryl methyl sites for hydroxylation is 1. The Bertz CT molecular complexity index is 873. The lowest BCUT2D eigenvalue weighted by molar-refractivity contribution is -0.0498. The van der Waals surface area contributed by atoms with Crippen LogP contribution in [0.15, 0.2) is 24.3 Å². The summed E-state index contributed by atoms with van der Waals surface area (Å²) in [5, 5.41) is 0. The number of aromatic nitrogens is 1. The summed E-state index contributed by atoms with van der Waals surface area (Å²) in [7, 11) is 0. The van der Waals surface area contributed by atoms with Crippen LogP contribution in [-0.2, 0) is 9.47 Å². The minimum Gasteiger partial charge on any atom is -0.462 e. The fourth-order valence-corrected chi connectivity index (χ4v) is 2.60. The van der Waals surface area contributed by atoms with Crippen LogP contribution in [0.2, 0.25) is 0 Å². The van der Waals surface area contributed by atoms with Gasteiger partial charge in [0.05, 0.1) is 23.4 Å². The molecule has 0 aliphatic heterocycles. The Morgan fingerprint density at radius 3 is 2.25 bits per heavy atom. The van der Waals surface area contributed by atoms with Gasteiger partial charge in [0.25, 0.3) is 0 Å². The van der Waals surface area contributed by atoms with Gasteiger partial charge in [-0.2, -0.15) is 8.78 Å². The van der Waals surface area contributed by atoms with Crippen LogP contribution in [-0.4, -0.2) is 42.5 Å². The van der Waals surface area contributed by atoms with E-state index in [2.05, 4.69) is 9.72 Å². The van der Waals surface area contributed by atoms with E-state index in [0.717, 1.165) is 0 Å². The van der Waals surface area contributed by atoms with E-state index in [1.54, 1.807) is 20.8 Å². The molecule has 2 rings (SSSR count). The van der Waals surface area contributed by atoms with E-state index in [-0.39, 0.29) is 29.2 Å². The second kappa shape index (κ2) is 9.12. The van der Waals surface area contributed by atoms with E-state index in [1.807, 2.05) is 0 Å². The average Bonchev–Trinajstić information content (AvgIpc) is 2.94. The average molecular weight is 395 g/mol. The van der Waals surface area contributed by atoms with Crippen molar-refractivity contribution in [1.29, 1.82) is 0 Å². The molecule has 0 radical (unpaired) electrons. The lowest BCUT2D eigenvalue weighted by atomic mass is 10.1. The minimum absolute atomic E-state index is 0.0704. The maximum atomic E-state index is 12.4. The zero-order chi connectivity index (χ0) is 20.8. The molecule has 9 heteroatoms. The van der Waals surface area contributed by atoms with Gasteiger partial charge < -0.3 is 19.2 Å². The second-order valence-corrected chi connectivity index (χ2v) is 5.75. The van der Waals surface area contributed by atoms with Crippen molar-refractivity contribution in [3.05, 3.63) is 52.3 Å². The van der Waals surface area contributed by atoms with Crippen molar-refractivity contribution in [2.24, 2.45) is 0 Å². The molecule has 0 atom stereocenters. The first kappa shape index (κ1) is 21.1. The van der Waals surface area contributed by atoms with E-state index >= 15 is 0 Å². The molecule has 0 unspecified atom stereocenters. The first-order valence-electron chi connectivity index (χ1n) is 8.36. The van der Waals surface area contributed by atoms with E-state index in [9.17, 15) is 23.2 Å². The van der Waals surface area contributed by atoms with Gasteiger partial charge in [0, 0.05) is 5.69 Å². The lowest BCUT2D eigenvalue weighted by Gasteiger charge is -2.07. The van der Waals surface area contributed by atoms with Crippen molar-refractivity contribution in [2.45, 2.75) is 27.4 Å². The number of carbonyl (C=O) groups is 3. The van der Waals surface area contributed by atoms with Crippen molar-refractivity contribution < 1.29 is 37.4 Å². The molecule has 28 heavy (non-hydrogen) atoms. The van der Waals surface area contributed by atoms with E-state index in [1.165, 1.54) is 24.3 Å². The summed E-state index contributed by atoms with van der Waals surface area (Å²) in [6, 6.07) is 4.87. The van der Waals surface area contributed by atoms with Crippen LogP contribution in [0, 0.1) is 13.8 Å². The fourth-order valence-electron chi connectivity index (χ4n) is 2.60. The summed E-state index contributed by atoms with van der Waals surface area (Å²) >= 11 is 0. The summed E-state index contributed by atoms with van der Waals surface area (Å²) in [6.07, 6.45) is 0. The fraction of sp³-hybridized carbons (Fsp3) is 0.316. The SMILES string of the molecule is CCOC(=O)c1c(C)[nH]c(C(=O)COC(=O)c2ccc(OC(F)F)cc2)c1C. The topological polar surface area (TPSA) is 94.7 Å². The highest BCUT2D eigenvalue weighted by Crippen LogP contribution is 2.20.